The fourth-order valence-corrected chi connectivity index (χ4v) is 1.92. The number of nitriles is 1. The number of nitrogens with one attached hydrogen (secondary N) is 1. The monoisotopic (exact) mass is 284 g/mol. The Morgan fingerprint density at radius 2 is 2.10 bits per heavy atom. The molecule has 0 spiro atoms. The summed E-state index contributed by atoms with van der Waals surface area (Å²) in [5.41, 5.74) is 1.00. The van der Waals surface area contributed by atoms with Crippen LogP contribution >= 0.6 is 0 Å². The van der Waals surface area contributed by atoms with E-state index in [1.807, 2.05) is 25.1 Å². The van der Waals surface area contributed by atoms with E-state index in [1.54, 1.807) is 19.2 Å². The molecular weight excluding hydrogens is 268 g/mol. The number of methoxy groups -OCH3 is 1. The lowest BCUT2D eigenvalue weighted by molar-refractivity contribution is 0.315. The van der Waals surface area contributed by atoms with Gasteiger partial charge < -0.3 is 14.5 Å². The van der Waals surface area contributed by atoms with Crippen LogP contribution in [0.25, 0.3) is 11.3 Å². The lowest BCUT2D eigenvalue weighted by atomic mass is 10.1. The number of pyridine rings is 1. The van der Waals surface area contributed by atoms with Crippen LogP contribution in [-0.4, -0.2) is 18.7 Å². The molecular formula is C16H16N2O3. The number of hydrogen-bond acceptors (Lipinski definition) is 4. The Balaban J connectivity index is 2.42. The minimum absolute atomic E-state index is 0.0839. The second kappa shape index (κ2) is 6.62. The van der Waals surface area contributed by atoms with E-state index in [0.29, 0.717) is 23.8 Å². The van der Waals surface area contributed by atoms with E-state index in [2.05, 4.69) is 4.98 Å². The van der Waals surface area contributed by atoms with Crippen LogP contribution in [0.5, 0.6) is 11.5 Å². The number of H-pyrrole nitrogens is 1. The third-order valence-corrected chi connectivity index (χ3v) is 2.97. The molecule has 1 aromatic heterocycles. The minimum Gasteiger partial charge on any atom is -0.496 e. The molecule has 1 aromatic carbocycles. The van der Waals surface area contributed by atoms with E-state index in [0.717, 1.165) is 12.0 Å². The van der Waals surface area contributed by atoms with Gasteiger partial charge in [0.2, 0.25) is 0 Å². The van der Waals surface area contributed by atoms with Gasteiger partial charge in [0.1, 0.15) is 23.1 Å². The largest absolute Gasteiger partial charge is 0.496 e. The second-order valence-electron chi connectivity index (χ2n) is 4.44. The Bertz CT molecular complexity index is 729. The van der Waals surface area contributed by atoms with Crippen molar-refractivity contribution in [3.8, 4) is 28.8 Å². The molecule has 1 N–H and O–H groups in total. The van der Waals surface area contributed by atoms with Crippen LogP contribution in [0.2, 0.25) is 0 Å². The second-order valence-corrected chi connectivity index (χ2v) is 4.44. The van der Waals surface area contributed by atoms with Crippen LogP contribution in [0.3, 0.4) is 0 Å². The van der Waals surface area contributed by atoms with Crippen molar-refractivity contribution < 1.29 is 9.47 Å². The first-order chi connectivity index (χ1) is 10.2. The minimum atomic E-state index is -0.414. The van der Waals surface area contributed by atoms with Crippen molar-refractivity contribution >= 4 is 0 Å². The summed E-state index contributed by atoms with van der Waals surface area (Å²) in [5, 5.41) is 8.79. The summed E-state index contributed by atoms with van der Waals surface area (Å²) in [6.07, 6.45) is 0.924. The number of aromatic amines is 1. The summed E-state index contributed by atoms with van der Waals surface area (Å²) in [6, 6.07) is 10.4. The van der Waals surface area contributed by atoms with Gasteiger partial charge in [-0.05, 0) is 30.7 Å². The smallest absolute Gasteiger partial charge is 0.266 e. The van der Waals surface area contributed by atoms with E-state index in [1.165, 1.54) is 6.07 Å². The molecule has 0 saturated carbocycles. The Labute approximate surface area is 122 Å². The first-order valence-corrected chi connectivity index (χ1v) is 6.64. The standard InChI is InChI=1S/C16H16N2O3/c1-3-8-21-12-5-6-13(15(9-12)20-2)14-7-4-11(10-17)16(19)18-14/h4-7,9H,3,8H2,1-2H3,(H,18,19). The van der Waals surface area contributed by atoms with Crippen molar-refractivity contribution in [3.05, 3.63) is 46.2 Å². The molecule has 0 aliphatic rings. The van der Waals surface area contributed by atoms with Crippen molar-refractivity contribution in [3.63, 3.8) is 0 Å². The van der Waals surface area contributed by atoms with Gasteiger partial charge in [0.15, 0.2) is 0 Å². The normalized spacial score (nSPS) is 9.95. The molecule has 108 valence electrons. The predicted molar refractivity (Wildman–Crippen MR) is 79.6 cm³/mol. The molecule has 5 nitrogen and oxygen atoms in total. The average Bonchev–Trinajstić information content (AvgIpc) is 2.52. The zero-order valence-corrected chi connectivity index (χ0v) is 12.0. The lowest BCUT2D eigenvalue weighted by Gasteiger charge is -2.11. The van der Waals surface area contributed by atoms with Crippen LogP contribution in [0, 0.1) is 11.3 Å². The Morgan fingerprint density at radius 3 is 2.71 bits per heavy atom. The molecule has 0 fully saturated rings. The number of aromatic nitrogens is 1. The third-order valence-electron chi connectivity index (χ3n) is 2.97. The van der Waals surface area contributed by atoms with Gasteiger partial charge in [0.05, 0.1) is 19.4 Å². The maximum atomic E-state index is 11.7. The number of ether oxygens (including phenoxy) is 2. The van der Waals surface area contributed by atoms with Crippen LogP contribution in [0.15, 0.2) is 35.1 Å². The van der Waals surface area contributed by atoms with E-state index >= 15 is 0 Å². The number of benzene rings is 1. The molecule has 1 heterocycles. The number of nitrogens with zero attached hydrogens (tertiary/aromatic N) is 1. The third kappa shape index (κ3) is 3.23. The molecule has 2 rings (SSSR count). The summed E-state index contributed by atoms with van der Waals surface area (Å²) in [7, 11) is 1.56. The molecule has 0 unspecified atom stereocenters. The maximum Gasteiger partial charge on any atom is 0.266 e. The first kappa shape index (κ1) is 14.7. The molecule has 0 amide bonds. The first-order valence-electron chi connectivity index (χ1n) is 6.64. The lowest BCUT2D eigenvalue weighted by Crippen LogP contribution is -2.10. The summed E-state index contributed by atoms with van der Waals surface area (Å²) < 4.78 is 10.9. The highest BCUT2D eigenvalue weighted by molar-refractivity contribution is 5.68. The Kier molecular flexibility index (Phi) is 4.62. The summed E-state index contributed by atoms with van der Waals surface area (Å²) >= 11 is 0. The molecule has 2 aromatic rings. The van der Waals surface area contributed by atoms with Crippen LogP contribution < -0.4 is 15.0 Å². The van der Waals surface area contributed by atoms with Crippen molar-refractivity contribution in [2.24, 2.45) is 0 Å². The van der Waals surface area contributed by atoms with Crippen molar-refractivity contribution in [2.45, 2.75) is 13.3 Å². The fraction of sp³-hybridized carbons (Fsp3) is 0.250. The Morgan fingerprint density at radius 1 is 1.29 bits per heavy atom. The molecule has 0 aliphatic carbocycles. The highest BCUT2D eigenvalue weighted by Gasteiger charge is 2.09. The molecule has 5 heteroatoms. The molecule has 21 heavy (non-hydrogen) atoms. The zero-order valence-electron chi connectivity index (χ0n) is 12.0. The fourth-order valence-electron chi connectivity index (χ4n) is 1.92. The topological polar surface area (TPSA) is 75.1 Å². The number of rotatable bonds is 5. The van der Waals surface area contributed by atoms with Crippen LogP contribution in [-0.2, 0) is 0 Å². The highest BCUT2D eigenvalue weighted by Crippen LogP contribution is 2.31. The van der Waals surface area contributed by atoms with E-state index < -0.39 is 5.56 Å². The SMILES string of the molecule is CCCOc1ccc(-c2ccc(C#N)c(=O)[nH]2)c(OC)c1. The van der Waals surface area contributed by atoms with Crippen molar-refractivity contribution in [1.82, 2.24) is 4.98 Å². The van der Waals surface area contributed by atoms with E-state index in [9.17, 15) is 4.79 Å². The highest BCUT2D eigenvalue weighted by atomic mass is 16.5. The van der Waals surface area contributed by atoms with Gasteiger partial charge >= 0.3 is 0 Å². The summed E-state index contributed by atoms with van der Waals surface area (Å²) in [4.78, 5) is 14.4. The number of hydrogen-bond donors (Lipinski definition) is 1. The van der Waals surface area contributed by atoms with Gasteiger partial charge in [-0.3, -0.25) is 4.79 Å². The van der Waals surface area contributed by atoms with Crippen LogP contribution in [0.4, 0.5) is 0 Å². The van der Waals surface area contributed by atoms with Crippen molar-refractivity contribution in [1.29, 1.82) is 5.26 Å². The van der Waals surface area contributed by atoms with Crippen molar-refractivity contribution in [2.75, 3.05) is 13.7 Å². The average molecular weight is 284 g/mol. The van der Waals surface area contributed by atoms with Gasteiger partial charge in [0, 0.05) is 11.6 Å². The van der Waals surface area contributed by atoms with Gasteiger partial charge in [-0.2, -0.15) is 5.26 Å². The van der Waals surface area contributed by atoms with E-state index in [-0.39, 0.29) is 5.56 Å². The van der Waals surface area contributed by atoms with Gasteiger partial charge in [-0.1, -0.05) is 6.92 Å². The molecule has 0 atom stereocenters. The van der Waals surface area contributed by atoms with Crippen LogP contribution in [0.1, 0.15) is 18.9 Å². The summed E-state index contributed by atoms with van der Waals surface area (Å²) in [6.45, 7) is 2.67. The predicted octanol–water partition coefficient (Wildman–Crippen LogP) is 2.71. The van der Waals surface area contributed by atoms with E-state index in [4.69, 9.17) is 14.7 Å². The van der Waals surface area contributed by atoms with Gasteiger partial charge in [-0.15, -0.1) is 0 Å². The zero-order chi connectivity index (χ0) is 15.2. The van der Waals surface area contributed by atoms with Gasteiger partial charge in [0.25, 0.3) is 5.56 Å². The Hall–Kier alpha value is -2.74. The molecule has 0 bridgehead atoms. The molecule has 0 aliphatic heterocycles. The van der Waals surface area contributed by atoms with Gasteiger partial charge in [-0.25, -0.2) is 0 Å². The molecule has 0 radical (unpaired) electrons. The molecule has 0 saturated heterocycles. The maximum absolute atomic E-state index is 11.7. The summed E-state index contributed by atoms with van der Waals surface area (Å²) in [5.74, 6) is 1.32. The quantitative estimate of drug-likeness (QED) is 0.916.